The van der Waals surface area contributed by atoms with Crippen LogP contribution in [0.25, 0.3) is 0 Å². The van der Waals surface area contributed by atoms with Gasteiger partial charge in [0.25, 0.3) is 0 Å². The molecule has 0 spiro atoms. The zero-order chi connectivity index (χ0) is 16.1. The molecule has 1 aromatic rings. The fourth-order valence-electron chi connectivity index (χ4n) is 2.44. The fourth-order valence-corrected chi connectivity index (χ4v) is 2.44. The van der Waals surface area contributed by atoms with Crippen molar-refractivity contribution in [3.05, 3.63) is 29.6 Å². The van der Waals surface area contributed by atoms with Gasteiger partial charge in [-0.15, -0.1) is 0 Å². The first-order valence-corrected chi connectivity index (χ1v) is 7.09. The van der Waals surface area contributed by atoms with E-state index in [1.54, 1.807) is 12.1 Å². The number of ether oxygens (including phenoxy) is 1. The van der Waals surface area contributed by atoms with Gasteiger partial charge in [0.15, 0.2) is 11.6 Å². The summed E-state index contributed by atoms with van der Waals surface area (Å²) < 4.78 is 18.4. The van der Waals surface area contributed by atoms with E-state index in [1.807, 2.05) is 0 Å². The topological polar surface area (TPSA) is 78.9 Å². The smallest absolute Gasteiger partial charge is 0.317 e. The SMILES string of the molecule is COc1ccc(CCNC(=O)N2CCC(C(=O)O)C2)cc1F. The van der Waals surface area contributed by atoms with E-state index < -0.39 is 17.7 Å². The lowest BCUT2D eigenvalue weighted by Crippen LogP contribution is -2.39. The lowest BCUT2D eigenvalue weighted by Gasteiger charge is -2.16. The van der Waals surface area contributed by atoms with Gasteiger partial charge in [0.05, 0.1) is 13.0 Å². The number of hydrogen-bond acceptors (Lipinski definition) is 3. The summed E-state index contributed by atoms with van der Waals surface area (Å²) in [5.74, 6) is -1.61. The van der Waals surface area contributed by atoms with Crippen LogP contribution in [-0.4, -0.2) is 48.8 Å². The zero-order valence-corrected chi connectivity index (χ0v) is 12.3. The molecule has 0 aromatic heterocycles. The van der Waals surface area contributed by atoms with Crippen LogP contribution in [0.1, 0.15) is 12.0 Å². The number of benzene rings is 1. The van der Waals surface area contributed by atoms with Gasteiger partial charge in [-0.1, -0.05) is 6.07 Å². The number of hydrogen-bond donors (Lipinski definition) is 2. The third kappa shape index (κ3) is 3.87. The molecule has 0 radical (unpaired) electrons. The molecular formula is C15H19FN2O4. The van der Waals surface area contributed by atoms with Crippen LogP contribution in [0.3, 0.4) is 0 Å². The number of urea groups is 1. The van der Waals surface area contributed by atoms with Crippen LogP contribution in [0.15, 0.2) is 18.2 Å². The van der Waals surface area contributed by atoms with E-state index >= 15 is 0 Å². The Balaban J connectivity index is 1.78. The fraction of sp³-hybridized carbons (Fsp3) is 0.467. The molecule has 2 amide bonds. The van der Waals surface area contributed by atoms with E-state index in [0.29, 0.717) is 25.9 Å². The number of carbonyl (C=O) groups is 2. The van der Waals surface area contributed by atoms with Gasteiger partial charge in [-0.25, -0.2) is 9.18 Å². The number of halogens is 1. The summed E-state index contributed by atoms with van der Waals surface area (Å²) in [4.78, 5) is 24.2. The first-order valence-electron chi connectivity index (χ1n) is 7.09. The molecule has 7 heteroatoms. The van der Waals surface area contributed by atoms with Gasteiger partial charge >= 0.3 is 12.0 Å². The molecular weight excluding hydrogens is 291 g/mol. The second kappa shape index (κ2) is 7.11. The van der Waals surface area contributed by atoms with Crippen molar-refractivity contribution in [1.29, 1.82) is 0 Å². The highest BCUT2D eigenvalue weighted by molar-refractivity contribution is 5.77. The third-order valence-corrected chi connectivity index (χ3v) is 3.73. The van der Waals surface area contributed by atoms with Crippen molar-refractivity contribution in [2.75, 3.05) is 26.7 Å². The van der Waals surface area contributed by atoms with E-state index in [-0.39, 0.29) is 18.3 Å². The quantitative estimate of drug-likeness (QED) is 0.864. The van der Waals surface area contributed by atoms with Crippen LogP contribution in [0, 0.1) is 11.7 Å². The molecule has 0 saturated carbocycles. The molecule has 0 bridgehead atoms. The Labute approximate surface area is 127 Å². The molecule has 1 aliphatic heterocycles. The number of carboxylic acids is 1. The van der Waals surface area contributed by atoms with Crippen molar-refractivity contribution in [1.82, 2.24) is 10.2 Å². The summed E-state index contributed by atoms with van der Waals surface area (Å²) in [5.41, 5.74) is 0.753. The highest BCUT2D eigenvalue weighted by Gasteiger charge is 2.30. The number of carboxylic acid groups (broad SMARTS) is 1. The van der Waals surface area contributed by atoms with Crippen LogP contribution >= 0.6 is 0 Å². The van der Waals surface area contributed by atoms with Crippen LogP contribution in [0.5, 0.6) is 5.75 Å². The molecule has 2 rings (SSSR count). The van der Waals surface area contributed by atoms with Crippen molar-refractivity contribution in [3.63, 3.8) is 0 Å². The van der Waals surface area contributed by atoms with Crippen molar-refractivity contribution in [3.8, 4) is 5.75 Å². The number of rotatable bonds is 5. The normalized spacial score (nSPS) is 17.4. The maximum absolute atomic E-state index is 13.5. The molecule has 1 aromatic carbocycles. The third-order valence-electron chi connectivity index (χ3n) is 3.73. The van der Waals surface area contributed by atoms with Crippen LogP contribution in [-0.2, 0) is 11.2 Å². The molecule has 1 heterocycles. The Morgan fingerprint density at radius 2 is 2.27 bits per heavy atom. The van der Waals surface area contributed by atoms with E-state index in [0.717, 1.165) is 5.56 Å². The summed E-state index contributed by atoms with van der Waals surface area (Å²) in [7, 11) is 1.40. The van der Waals surface area contributed by atoms with Crippen molar-refractivity contribution >= 4 is 12.0 Å². The number of nitrogens with zero attached hydrogens (tertiary/aromatic N) is 1. The molecule has 2 N–H and O–H groups in total. The maximum Gasteiger partial charge on any atom is 0.317 e. The zero-order valence-electron chi connectivity index (χ0n) is 12.3. The van der Waals surface area contributed by atoms with E-state index in [9.17, 15) is 14.0 Å². The van der Waals surface area contributed by atoms with Gasteiger partial charge in [-0.3, -0.25) is 4.79 Å². The second-order valence-corrected chi connectivity index (χ2v) is 5.22. The van der Waals surface area contributed by atoms with E-state index in [4.69, 9.17) is 9.84 Å². The van der Waals surface area contributed by atoms with Gasteiger partial charge in [0, 0.05) is 19.6 Å². The molecule has 1 atom stereocenters. The molecule has 1 saturated heterocycles. The monoisotopic (exact) mass is 310 g/mol. The Kier molecular flexibility index (Phi) is 5.19. The minimum absolute atomic E-state index is 0.185. The molecule has 6 nitrogen and oxygen atoms in total. The number of likely N-dealkylation sites (tertiary alicyclic amines) is 1. The minimum atomic E-state index is -0.871. The van der Waals surface area contributed by atoms with Crippen LogP contribution in [0.2, 0.25) is 0 Å². The van der Waals surface area contributed by atoms with Gasteiger partial charge in [0.1, 0.15) is 0 Å². The van der Waals surface area contributed by atoms with Crippen molar-refractivity contribution in [2.24, 2.45) is 5.92 Å². The Bertz CT molecular complexity index is 564. The standard InChI is InChI=1S/C15H19FN2O4/c1-22-13-3-2-10(8-12(13)16)4-6-17-15(21)18-7-5-11(9-18)14(19)20/h2-3,8,11H,4-7,9H2,1H3,(H,17,21)(H,19,20). The Morgan fingerprint density at radius 1 is 1.50 bits per heavy atom. The molecule has 1 unspecified atom stereocenters. The Hall–Kier alpha value is -2.31. The van der Waals surface area contributed by atoms with Gasteiger partial charge < -0.3 is 20.1 Å². The minimum Gasteiger partial charge on any atom is -0.494 e. The summed E-state index contributed by atoms with van der Waals surface area (Å²) in [6, 6.07) is 4.38. The predicted molar refractivity (Wildman–Crippen MR) is 77.4 cm³/mol. The Morgan fingerprint density at radius 3 is 2.86 bits per heavy atom. The molecule has 0 aliphatic carbocycles. The van der Waals surface area contributed by atoms with Crippen molar-refractivity contribution < 1.29 is 23.8 Å². The summed E-state index contributed by atoms with van der Waals surface area (Å²) >= 11 is 0. The largest absolute Gasteiger partial charge is 0.494 e. The predicted octanol–water partition coefficient (Wildman–Crippen LogP) is 1.49. The first kappa shape index (κ1) is 16.1. The number of methoxy groups -OCH3 is 1. The summed E-state index contributed by atoms with van der Waals surface area (Å²) in [5, 5.41) is 11.6. The lowest BCUT2D eigenvalue weighted by atomic mass is 10.1. The average molecular weight is 310 g/mol. The average Bonchev–Trinajstić information content (AvgIpc) is 2.97. The number of amides is 2. The maximum atomic E-state index is 13.5. The van der Waals surface area contributed by atoms with Gasteiger partial charge in [-0.05, 0) is 30.5 Å². The van der Waals surface area contributed by atoms with E-state index in [1.165, 1.54) is 18.1 Å². The molecule has 22 heavy (non-hydrogen) atoms. The molecule has 1 aliphatic rings. The van der Waals surface area contributed by atoms with Crippen molar-refractivity contribution in [2.45, 2.75) is 12.8 Å². The van der Waals surface area contributed by atoms with E-state index in [2.05, 4.69) is 5.32 Å². The number of nitrogens with one attached hydrogen (secondary N) is 1. The van der Waals surface area contributed by atoms with Gasteiger partial charge in [-0.2, -0.15) is 0 Å². The van der Waals surface area contributed by atoms with Gasteiger partial charge in [0.2, 0.25) is 0 Å². The number of aliphatic carboxylic acids is 1. The highest BCUT2D eigenvalue weighted by atomic mass is 19.1. The first-order chi connectivity index (χ1) is 10.5. The highest BCUT2D eigenvalue weighted by Crippen LogP contribution is 2.18. The summed E-state index contributed by atoms with van der Waals surface area (Å²) in [6.07, 6.45) is 0.968. The summed E-state index contributed by atoms with van der Waals surface area (Å²) in [6.45, 7) is 1.04. The van der Waals surface area contributed by atoms with Crippen LogP contribution < -0.4 is 10.1 Å². The molecule has 1 fully saturated rings. The van der Waals surface area contributed by atoms with Crippen LogP contribution in [0.4, 0.5) is 9.18 Å². The number of carbonyl (C=O) groups excluding carboxylic acids is 1. The second-order valence-electron chi connectivity index (χ2n) is 5.22. The lowest BCUT2D eigenvalue weighted by molar-refractivity contribution is -0.141. The molecule has 120 valence electrons.